The number of amides is 1. The molecule has 0 bridgehead atoms. The third-order valence-corrected chi connectivity index (χ3v) is 2.50. The maximum absolute atomic E-state index is 11.8. The summed E-state index contributed by atoms with van der Waals surface area (Å²) in [6, 6.07) is 7.85. The minimum atomic E-state index is -0.501. The Balaban J connectivity index is 0.00000220. The van der Waals surface area contributed by atoms with Crippen LogP contribution in [-0.2, 0) is 22.0 Å². The van der Waals surface area contributed by atoms with Crippen molar-refractivity contribution >= 4 is 12.1 Å². The topological polar surface area (TPSA) is 122 Å². The van der Waals surface area contributed by atoms with Gasteiger partial charge in [0.15, 0.2) is 0 Å². The van der Waals surface area contributed by atoms with Crippen LogP contribution in [0.5, 0.6) is 11.5 Å². The molecule has 3 N–H and O–H groups in total. The van der Waals surface area contributed by atoms with Gasteiger partial charge >= 0.3 is 16.5 Å². The summed E-state index contributed by atoms with van der Waals surface area (Å²) in [5, 5.41) is 15.4. The van der Waals surface area contributed by atoms with Gasteiger partial charge < -0.3 is 30.6 Å². The van der Waals surface area contributed by atoms with Crippen molar-refractivity contribution < 1.29 is 36.6 Å². The van der Waals surface area contributed by atoms with Crippen molar-refractivity contribution in [2.24, 2.45) is 5.10 Å². The largest absolute Gasteiger partial charge is 2.00 e. The van der Waals surface area contributed by atoms with Crippen LogP contribution in [0.2, 0.25) is 0 Å². The molecule has 8 heteroatoms. The molecular formula is C14H14N3NiO4+. The van der Waals surface area contributed by atoms with Gasteiger partial charge in [-0.05, 0) is 23.8 Å². The zero-order chi connectivity index (χ0) is 14.4. The zero-order valence-corrected chi connectivity index (χ0v) is 12.6. The molecule has 0 aliphatic heterocycles. The number of nitrogens with zero attached hydrogens (tertiary/aromatic N) is 3. The van der Waals surface area contributed by atoms with Crippen molar-refractivity contribution in [2.45, 2.75) is 0 Å². The van der Waals surface area contributed by atoms with Gasteiger partial charge in [-0.15, -0.1) is 0 Å². The van der Waals surface area contributed by atoms with Crippen LogP contribution in [0.4, 0.5) is 0 Å². The summed E-state index contributed by atoms with van der Waals surface area (Å²) < 4.78 is 4.90. The Hall–Kier alpha value is -2.44. The van der Waals surface area contributed by atoms with Crippen LogP contribution < -0.4 is 9.84 Å². The number of ether oxygens (including phenoxy) is 1. The van der Waals surface area contributed by atoms with E-state index in [9.17, 15) is 9.90 Å². The number of methoxy groups -OCH3 is 1. The predicted molar refractivity (Wildman–Crippen MR) is 76.8 cm³/mol. The number of carbonyl (C=O) groups is 1. The number of pyridine rings is 1. The molecule has 0 fully saturated rings. The van der Waals surface area contributed by atoms with Gasteiger partial charge in [0.05, 0.1) is 13.0 Å². The Morgan fingerprint density at radius 3 is 2.64 bits per heavy atom. The average Bonchev–Trinajstić information content (AvgIpc) is 2.49. The normalized spacial score (nSPS) is 9.50. The molecule has 0 aliphatic rings. The third kappa shape index (κ3) is 4.84. The molecule has 0 atom stereocenters. The van der Waals surface area contributed by atoms with Gasteiger partial charge in [-0.25, -0.2) is 0 Å². The van der Waals surface area contributed by atoms with Crippen molar-refractivity contribution in [1.29, 1.82) is 0 Å². The van der Waals surface area contributed by atoms with Gasteiger partial charge in [-0.3, -0.25) is 4.98 Å². The first-order valence-corrected chi connectivity index (χ1v) is 5.75. The van der Waals surface area contributed by atoms with E-state index < -0.39 is 5.91 Å². The minimum Gasteiger partial charge on any atom is -0.870 e. The second kappa shape index (κ2) is 9.49. The van der Waals surface area contributed by atoms with Crippen LogP contribution in [0.15, 0.2) is 47.8 Å². The summed E-state index contributed by atoms with van der Waals surface area (Å²) in [7, 11) is 1.41. The molecule has 0 spiro atoms. The standard InChI is InChI=1S/C14H13N3O3.Ni.H2O/c1-20-12-4-2-3-11(13(12)18)9-16-17-14(19)10-5-7-15-8-6-10;;/h2-9H,1H3,(H2,15,16,17,18,19);;1H2/q;+2;/p-1. The Bertz CT molecular complexity index is 635. The van der Waals surface area contributed by atoms with Gasteiger partial charge in [-0.1, -0.05) is 17.9 Å². The van der Waals surface area contributed by atoms with Gasteiger partial charge in [0.1, 0.15) is 5.75 Å². The first-order valence-electron chi connectivity index (χ1n) is 5.75. The smallest absolute Gasteiger partial charge is 0.870 e. The Labute approximate surface area is 137 Å². The van der Waals surface area contributed by atoms with Gasteiger partial charge in [0.2, 0.25) is 0 Å². The van der Waals surface area contributed by atoms with E-state index >= 15 is 0 Å². The van der Waals surface area contributed by atoms with E-state index in [-0.39, 0.29) is 33.5 Å². The molecule has 1 aromatic carbocycles. The Kier molecular flexibility index (Phi) is 8.44. The van der Waals surface area contributed by atoms with E-state index in [1.54, 1.807) is 18.2 Å². The van der Waals surface area contributed by atoms with Crippen LogP contribution in [-0.4, -0.2) is 24.2 Å². The van der Waals surface area contributed by atoms with E-state index in [0.29, 0.717) is 11.1 Å². The van der Waals surface area contributed by atoms with Gasteiger partial charge in [-0.2, -0.15) is 0 Å². The molecule has 0 saturated carbocycles. The summed E-state index contributed by atoms with van der Waals surface area (Å²) in [5.74, 6) is -0.585. The maximum Gasteiger partial charge on any atom is 2.00 e. The molecular weight excluding hydrogens is 333 g/mol. The molecule has 2 rings (SSSR count). The van der Waals surface area contributed by atoms with Crippen LogP contribution in [0, 0.1) is 0 Å². The monoisotopic (exact) mass is 346 g/mol. The van der Waals surface area contributed by atoms with Crippen LogP contribution >= 0.6 is 0 Å². The summed E-state index contributed by atoms with van der Waals surface area (Å²) in [6.07, 6.45) is 4.21. The zero-order valence-electron chi connectivity index (χ0n) is 11.6. The molecule has 1 aromatic heterocycles. The molecule has 0 unspecified atom stereocenters. The van der Waals surface area contributed by atoms with Crippen molar-refractivity contribution in [1.82, 2.24) is 4.98 Å². The number of rotatable bonds is 4. The molecule has 7 nitrogen and oxygen atoms in total. The SMILES string of the molecule is COc1cccc(/C=N/[N-]C(=O)c2ccncc2)c1[O-].[Ni+2].[OH3+]. The number of aromatic nitrogens is 1. The number of carbonyl (C=O) groups excluding carboxylic acids is 1. The Morgan fingerprint density at radius 2 is 2.00 bits per heavy atom. The summed E-state index contributed by atoms with van der Waals surface area (Å²) in [5.41, 5.74) is 4.19. The summed E-state index contributed by atoms with van der Waals surface area (Å²) in [6.45, 7) is 0. The van der Waals surface area contributed by atoms with Gasteiger partial charge in [0.25, 0.3) is 0 Å². The molecule has 118 valence electrons. The fraction of sp³-hybridized carbons (Fsp3) is 0.0714. The van der Waals surface area contributed by atoms with E-state index in [1.165, 1.54) is 37.9 Å². The Morgan fingerprint density at radius 1 is 1.32 bits per heavy atom. The van der Waals surface area contributed by atoms with E-state index in [1.807, 2.05) is 0 Å². The van der Waals surface area contributed by atoms with Gasteiger partial charge in [0, 0.05) is 24.2 Å². The molecule has 1 amide bonds. The predicted octanol–water partition coefficient (Wildman–Crippen LogP) is 0.787. The van der Waals surface area contributed by atoms with Crippen molar-refractivity contribution in [3.63, 3.8) is 0 Å². The molecule has 0 saturated heterocycles. The molecule has 22 heavy (non-hydrogen) atoms. The quantitative estimate of drug-likeness (QED) is 0.351. The van der Waals surface area contributed by atoms with Crippen molar-refractivity contribution in [3.05, 3.63) is 59.3 Å². The minimum absolute atomic E-state index is 0. The number of hydrogen-bond donors (Lipinski definition) is 0. The first-order chi connectivity index (χ1) is 9.72. The second-order valence-corrected chi connectivity index (χ2v) is 3.76. The number of hydrogen-bond acceptors (Lipinski definition) is 5. The second-order valence-electron chi connectivity index (χ2n) is 3.76. The number of para-hydroxylation sites is 1. The van der Waals surface area contributed by atoms with E-state index in [0.717, 1.165) is 0 Å². The van der Waals surface area contributed by atoms with Crippen LogP contribution in [0.3, 0.4) is 0 Å². The van der Waals surface area contributed by atoms with Crippen molar-refractivity contribution in [3.8, 4) is 11.5 Å². The van der Waals surface area contributed by atoms with E-state index in [4.69, 9.17) is 4.74 Å². The fourth-order valence-electron chi connectivity index (χ4n) is 1.49. The summed E-state index contributed by atoms with van der Waals surface area (Å²) >= 11 is 0. The maximum atomic E-state index is 11.8. The average molecular weight is 347 g/mol. The van der Waals surface area contributed by atoms with E-state index in [2.05, 4.69) is 15.5 Å². The van der Waals surface area contributed by atoms with Crippen LogP contribution in [0.1, 0.15) is 15.9 Å². The van der Waals surface area contributed by atoms with Crippen LogP contribution in [0.25, 0.3) is 5.43 Å². The van der Waals surface area contributed by atoms with Crippen molar-refractivity contribution in [2.75, 3.05) is 7.11 Å². The fourth-order valence-corrected chi connectivity index (χ4v) is 1.49. The molecule has 0 radical (unpaired) electrons. The first kappa shape index (κ1) is 19.6. The number of benzene rings is 1. The third-order valence-electron chi connectivity index (χ3n) is 2.50. The molecule has 0 aliphatic carbocycles. The molecule has 1 heterocycles. The molecule has 2 aromatic rings. The summed E-state index contributed by atoms with van der Waals surface area (Å²) in [4.78, 5) is 15.4.